The summed E-state index contributed by atoms with van der Waals surface area (Å²) in [5, 5.41) is 19.3. The third-order valence-electron chi connectivity index (χ3n) is 1.96. The molecule has 0 aromatic heterocycles. The zero-order valence-electron chi connectivity index (χ0n) is 9.02. The summed E-state index contributed by atoms with van der Waals surface area (Å²) in [6, 6.07) is 4.27. The van der Waals surface area contributed by atoms with Crippen LogP contribution < -0.4 is 5.32 Å². The topological polar surface area (TPSA) is 59.6 Å². The van der Waals surface area contributed by atoms with Crippen LogP contribution in [0.5, 0.6) is 0 Å². The van der Waals surface area contributed by atoms with Gasteiger partial charge in [0.1, 0.15) is 23.5 Å². The highest BCUT2D eigenvalue weighted by molar-refractivity contribution is 14.1. The molecular formula is C11H4F4IN3. The molecule has 0 radical (unpaired) electrons. The van der Waals surface area contributed by atoms with Crippen LogP contribution in [-0.2, 0) is 6.18 Å². The predicted octanol–water partition coefficient (Wildman–Crippen LogP) is 3.79. The summed E-state index contributed by atoms with van der Waals surface area (Å²) in [5.74, 6) is -1.07. The van der Waals surface area contributed by atoms with E-state index >= 15 is 0 Å². The molecule has 0 aliphatic carbocycles. The van der Waals surface area contributed by atoms with Crippen molar-refractivity contribution in [3.8, 4) is 12.1 Å². The van der Waals surface area contributed by atoms with Crippen molar-refractivity contribution in [1.29, 1.82) is 10.5 Å². The lowest BCUT2D eigenvalue weighted by molar-refractivity contribution is -0.138. The van der Waals surface area contributed by atoms with Crippen LogP contribution in [0.2, 0.25) is 0 Å². The highest BCUT2D eigenvalue weighted by Gasteiger charge is 2.34. The Morgan fingerprint density at radius 2 is 1.84 bits per heavy atom. The van der Waals surface area contributed by atoms with E-state index in [0.717, 1.165) is 12.3 Å². The molecule has 0 saturated heterocycles. The Balaban J connectivity index is 3.25. The molecule has 1 aromatic rings. The fourth-order valence-corrected chi connectivity index (χ4v) is 1.91. The van der Waals surface area contributed by atoms with Crippen LogP contribution in [0.25, 0.3) is 0 Å². The number of hydrogen-bond donors (Lipinski definition) is 1. The smallest absolute Gasteiger partial charge is 0.359 e. The molecule has 0 amide bonds. The van der Waals surface area contributed by atoms with Gasteiger partial charge in [0.05, 0.1) is 11.3 Å². The van der Waals surface area contributed by atoms with Crippen molar-refractivity contribution in [1.82, 2.24) is 0 Å². The second-order valence-electron chi connectivity index (χ2n) is 3.24. The predicted molar refractivity (Wildman–Crippen MR) is 67.1 cm³/mol. The number of alkyl halides is 3. The van der Waals surface area contributed by atoms with Gasteiger partial charge in [-0.15, -0.1) is 0 Å². The molecule has 1 N–H and O–H groups in total. The fourth-order valence-electron chi connectivity index (χ4n) is 1.14. The van der Waals surface area contributed by atoms with E-state index in [1.165, 1.54) is 34.7 Å². The molecule has 1 aromatic carbocycles. The highest BCUT2D eigenvalue weighted by Crippen LogP contribution is 2.36. The summed E-state index contributed by atoms with van der Waals surface area (Å²) in [6.45, 7) is 0. The highest BCUT2D eigenvalue weighted by atomic mass is 127. The van der Waals surface area contributed by atoms with Gasteiger partial charge in [0, 0.05) is 9.77 Å². The van der Waals surface area contributed by atoms with Crippen LogP contribution in [0, 0.1) is 32.0 Å². The van der Waals surface area contributed by atoms with Gasteiger partial charge in [-0.3, -0.25) is 0 Å². The minimum absolute atomic E-state index is 0.170. The summed E-state index contributed by atoms with van der Waals surface area (Å²) in [6.07, 6.45) is -3.77. The van der Waals surface area contributed by atoms with Crippen LogP contribution in [0.4, 0.5) is 23.2 Å². The SMILES string of the molecule is N#CC(C#N)=CNc1cc(F)cc(C(F)(F)F)c1I. The number of benzene rings is 1. The average molecular weight is 381 g/mol. The van der Waals surface area contributed by atoms with Crippen molar-refractivity contribution in [2.24, 2.45) is 0 Å². The quantitative estimate of drug-likeness (QED) is 0.482. The molecule has 0 unspecified atom stereocenters. The molecule has 0 aliphatic heterocycles. The van der Waals surface area contributed by atoms with Gasteiger partial charge in [0.15, 0.2) is 0 Å². The van der Waals surface area contributed by atoms with E-state index < -0.39 is 17.6 Å². The van der Waals surface area contributed by atoms with Crippen molar-refractivity contribution in [2.75, 3.05) is 5.32 Å². The Hall–Kier alpha value is -1.81. The maximum atomic E-state index is 13.1. The Bertz CT molecular complexity index is 592. The number of allylic oxidation sites excluding steroid dienone is 1. The zero-order chi connectivity index (χ0) is 14.6. The van der Waals surface area contributed by atoms with Crippen molar-refractivity contribution >= 4 is 28.3 Å². The summed E-state index contributed by atoms with van der Waals surface area (Å²) < 4.78 is 50.7. The van der Waals surface area contributed by atoms with Gasteiger partial charge >= 0.3 is 6.18 Å². The number of rotatable bonds is 2. The van der Waals surface area contributed by atoms with Crippen LogP contribution in [0.1, 0.15) is 5.56 Å². The molecule has 8 heteroatoms. The van der Waals surface area contributed by atoms with E-state index in [1.807, 2.05) is 0 Å². The van der Waals surface area contributed by atoms with Crippen molar-refractivity contribution < 1.29 is 17.6 Å². The first kappa shape index (κ1) is 15.2. The first-order chi connectivity index (χ1) is 8.79. The summed E-state index contributed by atoms with van der Waals surface area (Å²) in [7, 11) is 0. The van der Waals surface area contributed by atoms with Crippen LogP contribution in [0.3, 0.4) is 0 Å². The van der Waals surface area contributed by atoms with E-state index in [9.17, 15) is 17.6 Å². The number of anilines is 1. The zero-order valence-corrected chi connectivity index (χ0v) is 11.2. The average Bonchev–Trinajstić information content (AvgIpc) is 2.32. The standard InChI is InChI=1S/C11H4F4IN3/c12-7-1-8(11(13,14)15)10(16)9(2-7)19-5-6(3-17)4-18/h1-2,5,19H. The number of nitriles is 2. The van der Waals surface area contributed by atoms with E-state index in [4.69, 9.17) is 10.5 Å². The first-order valence-electron chi connectivity index (χ1n) is 4.62. The lowest BCUT2D eigenvalue weighted by Gasteiger charge is -2.13. The molecule has 98 valence electrons. The van der Waals surface area contributed by atoms with Crippen molar-refractivity contribution in [3.05, 3.63) is 38.9 Å². The number of nitrogens with zero attached hydrogens (tertiary/aromatic N) is 2. The Kier molecular flexibility index (Phi) is 4.72. The monoisotopic (exact) mass is 381 g/mol. The molecule has 0 heterocycles. The Morgan fingerprint density at radius 1 is 1.26 bits per heavy atom. The fraction of sp³-hybridized carbons (Fsp3) is 0.0909. The lowest BCUT2D eigenvalue weighted by Crippen LogP contribution is -2.10. The van der Waals surface area contributed by atoms with E-state index in [2.05, 4.69) is 5.32 Å². The second-order valence-corrected chi connectivity index (χ2v) is 4.32. The Morgan fingerprint density at radius 3 is 2.32 bits per heavy atom. The minimum atomic E-state index is -4.69. The third-order valence-corrected chi connectivity index (χ3v) is 3.12. The summed E-state index contributed by atoms with van der Waals surface area (Å²) in [4.78, 5) is 0. The molecule has 1 rings (SSSR count). The van der Waals surface area contributed by atoms with E-state index in [1.54, 1.807) is 0 Å². The van der Waals surface area contributed by atoms with Crippen LogP contribution >= 0.6 is 22.6 Å². The largest absolute Gasteiger partial charge is 0.417 e. The molecular weight excluding hydrogens is 377 g/mol. The minimum Gasteiger partial charge on any atom is -0.359 e. The second kappa shape index (κ2) is 5.89. The summed E-state index contributed by atoms with van der Waals surface area (Å²) >= 11 is 1.41. The Labute approximate surface area is 119 Å². The molecule has 3 nitrogen and oxygen atoms in total. The maximum absolute atomic E-state index is 13.1. The van der Waals surface area contributed by atoms with Crippen molar-refractivity contribution in [3.63, 3.8) is 0 Å². The normalized spacial score (nSPS) is 10.3. The maximum Gasteiger partial charge on any atom is 0.417 e. The molecule has 0 fully saturated rings. The van der Waals surface area contributed by atoms with Gasteiger partial charge < -0.3 is 5.32 Å². The van der Waals surface area contributed by atoms with Crippen molar-refractivity contribution in [2.45, 2.75) is 6.18 Å². The van der Waals surface area contributed by atoms with Gasteiger partial charge in [0.25, 0.3) is 0 Å². The lowest BCUT2D eigenvalue weighted by atomic mass is 10.2. The van der Waals surface area contributed by atoms with Gasteiger partial charge in [-0.25, -0.2) is 4.39 Å². The molecule has 0 bridgehead atoms. The van der Waals surface area contributed by atoms with E-state index in [-0.39, 0.29) is 14.8 Å². The number of hydrogen-bond acceptors (Lipinski definition) is 3. The molecule has 0 aliphatic rings. The van der Waals surface area contributed by atoms with E-state index in [0.29, 0.717) is 6.07 Å². The number of nitrogens with one attached hydrogen (secondary N) is 1. The van der Waals surface area contributed by atoms with Gasteiger partial charge in [-0.2, -0.15) is 23.7 Å². The number of halogens is 5. The first-order valence-corrected chi connectivity index (χ1v) is 5.70. The molecule has 0 atom stereocenters. The summed E-state index contributed by atoms with van der Waals surface area (Å²) in [5.41, 5.74) is -1.64. The van der Waals surface area contributed by atoms with Crippen LogP contribution in [-0.4, -0.2) is 0 Å². The van der Waals surface area contributed by atoms with Crippen LogP contribution in [0.15, 0.2) is 23.9 Å². The van der Waals surface area contributed by atoms with Gasteiger partial charge in [-0.1, -0.05) is 0 Å². The molecule has 0 spiro atoms. The van der Waals surface area contributed by atoms with Gasteiger partial charge in [-0.05, 0) is 34.7 Å². The molecule has 0 saturated carbocycles. The molecule has 19 heavy (non-hydrogen) atoms. The van der Waals surface area contributed by atoms with Gasteiger partial charge in [0.2, 0.25) is 0 Å². The third kappa shape index (κ3) is 3.83.